The molecule has 0 aliphatic heterocycles. The van der Waals surface area contributed by atoms with Gasteiger partial charge in [0, 0.05) is 10.9 Å². The Morgan fingerprint density at radius 1 is 1.26 bits per heavy atom. The van der Waals surface area contributed by atoms with E-state index in [9.17, 15) is 14.7 Å². The lowest BCUT2D eigenvalue weighted by atomic mass is 10.0. The minimum atomic E-state index is -0.946. The third kappa shape index (κ3) is 3.67. The lowest BCUT2D eigenvalue weighted by Crippen LogP contribution is -2.54. The molecule has 124 valence electrons. The van der Waals surface area contributed by atoms with Crippen LogP contribution >= 0.6 is 11.6 Å². The fourth-order valence-electron chi connectivity index (χ4n) is 2.72. The van der Waals surface area contributed by atoms with Crippen molar-refractivity contribution in [1.82, 2.24) is 10.6 Å². The standard InChI is InChI=1S/C17H21ClN2O3/c1-10(21)14(19-15(22)11-2-3-11)16(23)20-17(8-9-17)12-4-6-13(18)7-5-12/h4-7,10-11,14,21H,2-3,8-9H2,1H3,(H,19,22)(H,20,23). The number of halogens is 1. The Morgan fingerprint density at radius 2 is 1.87 bits per heavy atom. The van der Waals surface area contributed by atoms with Gasteiger partial charge in [-0.3, -0.25) is 9.59 Å². The van der Waals surface area contributed by atoms with Crippen LogP contribution in [0.4, 0.5) is 0 Å². The van der Waals surface area contributed by atoms with Gasteiger partial charge in [0.15, 0.2) is 0 Å². The first-order valence-electron chi connectivity index (χ1n) is 7.98. The third-order valence-electron chi connectivity index (χ3n) is 4.52. The molecule has 2 amide bonds. The number of aliphatic hydroxyl groups excluding tert-OH is 1. The Hall–Kier alpha value is -1.59. The van der Waals surface area contributed by atoms with Crippen LogP contribution in [0.25, 0.3) is 0 Å². The average molecular weight is 337 g/mol. The van der Waals surface area contributed by atoms with Crippen LogP contribution in [0.5, 0.6) is 0 Å². The molecule has 23 heavy (non-hydrogen) atoms. The Labute approximate surface area is 140 Å². The monoisotopic (exact) mass is 336 g/mol. The summed E-state index contributed by atoms with van der Waals surface area (Å²) in [7, 11) is 0. The lowest BCUT2D eigenvalue weighted by molar-refractivity contribution is -0.132. The second kappa shape index (κ2) is 6.13. The highest BCUT2D eigenvalue weighted by Crippen LogP contribution is 2.45. The van der Waals surface area contributed by atoms with Crippen LogP contribution in [0, 0.1) is 5.92 Å². The van der Waals surface area contributed by atoms with Gasteiger partial charge in [-0.1, -0.05) is 23.7 Å². The molecule has 0 aromatic heterocycles. The number of benzene rings is 1. The van der Waals surface area contributed by atoms with E-state index in [-0.39, 0.29) is 17.7 Å². The topological polar surface area (TPSA) is 78.4 Å². The molecule has 0 heterocycles. The molecule has 2 aliphatic rings. The van der Waals surface area contributed by atoms with E-state index in [0.717, 1.165) is 31.2 Å². The summed E-state index contributed by atoms with van der Waals surface area (Å²) in [6, 6.07) is 6.47. The van der Waals surface area contributed by atoms with E-state index in [1.807, 2.05) is 12.1 Å². The highest BCUT2D eigenvalue weighted by atomic mass is 35.5. The van der Waals surface area contributed by atoms with E-state index in [2.05, 4.69) is 10.6 Å². The minimum absolute atomic E-state index is 0.00444. The van der Waals surface area contributed by atoms with Crippen molar-refractivity contribution in [3.05, 3.63) is 34.9 Å². The number of amides is 2. The van der Waals surface area contributed by atoms with E-state index in [1.165, 1.54) is 6.92 Å². The Morgan fingerprint density at radius 3 is 2.35 bits per heavy atom. The molecule has 2 atom stereocenters. The summed E-state index contributed by atoms with van der Waals surface area (Å²) < 4.78 is 0. The first kappa shape index (κ1) is 16.3. The van der Waals surface area contributed by atoms with Crippen molar-refractivity contribution >= 4 is 23.4 Å². The zero-order chi connectivity index (χ0) is 16.6. The highest BCUT2D eigenvalue weighted by Gasteiger charge is 2.47. The van der Waals surface area contributed by atoms with Crippen molar-refractivity contribution in [2.75, 3.05) is 0 Å². The molecule has 3 N–H and O–H groups in total. The van der Waals surface area contributed by atoms with E-state index < -0.39 is 17.7 Å². The van der Waals surface area contributed by atoms with Gasteiger partial charge in [-0.2, -0.15) is 0 Å². The normalized spacial score (nSPS) is 21.2. The number of nitrogens with one attached hydrogen (secondary N) is 2. The molecule has 1 aromatic carbocycles. The van der Waals surface area contributed by atoms with Crippen molar-refractivity contribution in [3.63, 3.8) is 0 Å². The molecule has 2 saturated carbocycles. The molecule has 0 radical (unpaired) electrons. The first-order chi connectivity index (χ1) is 10.9. The molecule has 6 heteroatoms. The largest absolute Gasteiger partial charge is 0.391 e. The van der Waals surface area contributed by atoms with Crippen molar-refractivity contribution < 1.29 is 14.7 Å². The van der Waals surface area contributed by atoms with Crippen molar-refractivity contribution in [2.45, 2.75) is 50.3 Å². The molecule has 5 nitrogen and oxygen atoms in total. The summed E-state index contributed by atoms with van der Waals surface area (Å²) in [6.45, 7) is 1.51. The molecule has 2 aliphatic carbocycles. The van der Waals surface area contributed by atoms with Gasteiger partial charge in [-0.15, -0.1) is 0 Å². The van der Waals surface area contributed by atoms with E-state index >= 15 is 0 Å². The second-order valence-electron chi connectivity index (χ2n) is 6.58. The predicted molar refractivity (Wildman–Crippen MR) is 86.8 cm³/mol. The molecule has 2 fully saturated rings. The van der Waals surface area contributed by atoms with Gasteiger partial charge < -0.3 is 15.7 Å². The molecule has 0 spiro atoms. The molecule has 3 rings (SSSR count). The summed E-state index contributed by atoms with van der Waals surface area (Å²) >= 11 is 5.90. The molecular formula is C17H21ClN2O3. The number of rotatable bonds is 6. The Balaban J connectivity index is 1.68. The Kier molecular flexibility index (Phi) is 4.34. The van der Waals surface area contributed by atoms with Gasteiger partial charge in [0.05, 0.1) is 11.6 Å². The van der Waals surface area contributed by atoms with Gasteiger partial charge in [-0.25, -0.2) is 0 Å². The maximum Gasteiger partial charge on any atom is 0.245 e. The summed E-state index contributed by atoms with van der Waals surface area (Å²) in [4.78, 5) is 24.4. The van der Waals surface area contributed by atoms with Crippen LogP contribution in [0.15, 0.2) is 24.3 Å². The molecule has 0 bridgehead atoms. The van der Waals surface area contributed by atoms with Gasteiger partial charge in [-0.05, 0) is 50.3 Å². The van der Waals surface area contributed by atoms with Gasteiger partial charge in [0.2, 0.25) is 11.8 Å². The van der Waals surface area contributed by atoms with Crippen LogP contribution in [0.1, 0.15) is 38.2 Å². The summed E-state index contributed by atoms with van der Waals surface area (Å²) in [5.74, 6) is -0.501. The van der Waals surface area contributed by atoms with Crippen molar-refractivity contribution in [1.29, 1.82) is 0 Å². The van der Waals surface area contributed by atoms with E-state index in [1.54, 1.807) is 12.1 Å². The zero-order valence-corrected chi connectivity index (χ0v) is 13.8. The number of hydrogen-bond acceptors (Lipinski definition) is 3. The van der Waals surface area contributed by atoms with Crippen molar-refractivity contribution in [3.8, 4) is 0 Å². The Bertz CT molecular complexity index is 607. The summed E-state index contributed by atoms with van der Waals surface area (Å²) in [5.41, 5.74) is 0.590. The predicted octanol–water partition coefficient (Wildman–Crippen LogP) is 1.72. The van der Waals surface area contributed by atoms with Crippen LogP contribution in [0.3, 0.4) is 0 Å². The quantitative estimate of drug-likeness (QED) is 0.740. The average Bonchev–Trinajstić information content (AvgIpc) is 3.38. The number of hydrogen-bond donors (Lipinski definition) is 3. The molecular weight excluding hydrogens is 316 g/mol. The third-order valence-corrected chi connectivity index (χ3v) is 4.77. The fraction of sp³-hybridized carbons (Fsp3) is 0.529. The van der Waals surface area contributed by atoms with Gasteiger partial charge >= 0.3 is 0 Å². The number of carbonyl (C=O) groups is 2. The van der Waals surface area contributed by atoms with Crippen molar-refractivity contribution in [2.24, 2.45) is 5.92 Å². The van der Waals surface area contributed by atoms with Crippen LogP contribution in [-0.4, -0.2) is 29.1 Å². The fourth-order valence-corrected chi connectivity index (χ4v) is 2.84. The van der Waals surface area contributed by atoms with Gasteiger partial charge in [0.25, 0.3) is 0 Å². The first-order valence-corrected chi connectivity index (χ1v) is 8.36. The van der Waals surface area contributed by atoms with Gasteiger partial charge in [0.1, 0.15) is 6.04 Å². The SMILES string of the molecule is CC(O)C(NC(=O)C1CC1)C(=O)NC1(c2ccc(Cl)cc2)CC1. The highest BCUT2D eigenvalue weighted by molar-refractivity contribution is 6.30. The maximum absolute atomic E-state index is 12.5. The zero-order valence-electron chi connectivity index (χ0n) is 13.0. The van der Waals surface area contributed by atoms with Crippen LogP contribution < -0.4 is 10.6 Å². The molecule has 2 unspecified atom stereocenters. The number of aliphatic hydroxyl groups is 1. The number of carbonyl (C=O) groups excluding carboxylic acids is 2. The van der Waals surface area contributed by atoms with E-state index in [4.69, 9.17) is 11.6 Å². The summed E-state index contributed by atoms with van der Waals surface area (Å²) in [6.07, 6.45) is 2.44. The molecule has 0 saturated heterocycles. The summed E-state index contributed by atoms with van der Waals surface area (Å²) in [5, 5.41) is 16.2. The minimum Gasteiger partial charge on any atom is -0.391 e. The van der Waals surface area contributed by atoms with Crippen LogP contribution in [0.2, 0.25) is 5.02 Å². The molecule has 1 aromatic rings. The second-order valence-corrected chi connectivity index (χ2v) is 7.02. The smallest absolute Gasteiger partial charge is 0.245 e. The lowest BCUT2D eigenvalue weighted by Gasteiger charge is -2.25. The van der Waals surface area contributed by atoms with E-state index in [0.29, 0.717) is 5.02 Å². The maximum atomic E-state index is 12.5. The van der Waals surface area contributed by atoms with Crippen LogP contribution in [-0.2, 0) is 15.1 Å².